The van der Waals surface area contributed by atoms with E-state index in [0.717, 1.165) is 30.0 Å². The van der Waals surface area contributed by atoms with Crippen molar-refractivity contribution < 1.29 is 0 Å². The molecule has 0 bridgehead atoms. The number of imidazole rings is 1. The highest BCUT2D eigenvalue weighted by atomic mass is 15.0. The standard InChI is InChI=1S/C22H27N3/c1-3-5-15-23-20(4-2)22-24-16-21(25-22)19-13-11-18(12-14-19)17-9-7-6-8-10-17/h6-14,16,20,23H,3-5,15H2,1-2H3,(H,24,25). The second-order valence-corrected chi connectivity index (χ2v) is 6.38. The highest BCUT2D eigenvalue weighted by Gasteiger charge is 2.13. The van der Waals surface area contributed by atoms with Crippen LogP contribution in [-0.4, -0.2) is 16.5 Å². The first kappa shape index (κ1) is 17.4. The van der Waals surface area contributed by atoms with E-state index in [0.29, 0.717) is 6.04 Å². The van der Waals surface area contributed by atoms with Gasteiger partial charge in [-0.15, -0.1) is 0 Å². The van der Waals surface area contributed by atoms with Crippen LogP contribution in [0.3, 0.4) is 0 Å². The predicted molar refractivity (Wildman–Crippen MR) is 105 cm³/mol. The molecule has 25 heavy (non-hydrogen) atoms. The minimum Gasteiger partial charge on any atom is -0.347 e. The van der Waals surface area contributed by atoms with Gasteiger partial charge < -0.3 is 10.3 Å². The second kappa shape index (κ2) is 8.63. The SMILES string of the molecule is CCCCNC(CC)c1nc(-c2ccc(-c3ccccc3)cc2)c[nH]1. The molecule has 0 radical (unpaired) electrons. The molecule has 1 heterocycles. The highest BCUT2D eigenvalue weighted by Crippen LogP contribution is 2.25. The van der Waals surface area contributed by atoms with Crippen molar-refractivity contribution in [1.29, 1.82) is 0 Å². The largest absolute Gasteiger partial charge is 0.347 e. The van der Waals surface area contributed by atoms with Crippen molar-refractivity contribution >= 4 is 0 Å². The van der Waals surface area contributed by atoms with Crippen molar-refractivity contribution in [3.63, 3.8) is 0 Å². The zero-order valence-corrected chi connectivity index (χ0v) is 15.1. The van der Waals surface area contributed by atoms with Gasteiger partial charge in [0.25, 0.3) is 0 Å². The fourth-order valence-corrected chi connectivity index (χ4v) is 3.01. The van der Waals surface area contributed by atoms with Gasteiger partial charge >= 0.3 is 0 Å². The average molecular weight is 333 g/mol. The van der Waals surface area contributed by atoms with Crippen molar-refractivity contribution in [3.05, 3.63) is 66.6 Å². The van der Waals surface area contributed by atoms with Crippen LogP contribution < -0.4 is 5.32 Å². The van der Waals surface area contributed by atoms with Crippen LogP contribution in [0.1, 0.15) is 45.0 Å². The van der Waals surface area contributed by atoms with Crippen molar-refractivity contribution in [2.45, 2.75) is 39.2 Å². The van der Waals surface area contributed by atoms with E-state index in [-0.39, 0.29) is 0 Å². The monoisotopic (exact) mass is 333 g/mol. The zero-order chi connectivity index (χ0) is 17.5. The Bertz CT molecular complexity index is 759. The maximum absolute atomic E-state index is 4.81. The molecule has 0 fully saturated rings. The molecule has 3 nitrogen and oxygen atoms in total. The first-order valence-corrected chi connectivity index (χ1v) is 9.26. The van der Waals surface area contributed by atoms with Crippen LogP contribution in [0.25, 0.3) is 22.4 Å². The van der Waals surface area contributed by atoms with E-state index in [1.54, 1.807) is 0 Å². The van der Waals surface area contributed by atoms with Crippen LogP contribution >= 0.6 is 0 Å². The van der Waals surface area contributed by atoms with E-state index in [1.807, 2.05) is 12.3 Å². The minimum atomic E-state index is 0.295. The lowest BCUT2D eigenvalue weighted by molar-refractivity contribution is 0.489. The smallest absolute Gasteiger partial charge is 0.123 e. The molecule has 2 aromatic carbocycles. The van der Waals surface area contributed by atoms with Crippen molar-refractivity contribution in [1.82, 2.24) is 15.3 Å². The molecule has 3 aromatic rings. The summed E-state index contributed by atoms with van der Waals surface area (Å²) in [5, 5.41) is 3.59. The Balaban J connectivity index is 1.73. The summed E-state index contributed by atoms with van der Waals surface area (Å²) in [7, 11) is 0. The summed E-state index contributed by atoms with van der Waals surface area (Å²) in [4.78, 5) is 8.17. The molecule has 130 valence electrons. The van der Waals surface area contributed by atoms with E-state index in [1.165, 1.54) is 24.0 Å². The normalized spacial score (nSPS) is 12.2. The van der Waals surface area contributed by atoms with Crippen LogP contribution in [0, 0.1) is 0 Å². The summed E-state index contributed by atoms with van der Waals surface area (Å²) >= 11 is 0. The van der Waals surface area contributed by atoms with Crippen molar-refractivity contribution in [2.24, 2.45) is 0 Å². The molecule has 1 atom stereocenters. The summed E-state index contributed by atoms with van der Waals surface area (Å²) in [6.45, 7) is 5.45. The molecular formula is C22H27N3. The summed E-state index contributed by atoms with van der Waals surface area (Å²) in [6.07, 6.45) is 5.45. The van der Waals surface area contributed by atoms with Crippen molar-refractivity contribution in [2.75, 3.05) is 6.54 Å². The number of rotatable bonds is 8. The number of benzene rings is 2. The molecule has 3 rings (SSSR count). The van der Waals surface area contributed by atoms with Gasteiger partial charge in [0.1, 0.15) is 5.82 Å². The lowest BCUT2D eigenvalue weighted by atomic mass is 10.0. The number of nitrogens with zero attached hydrogens (tertiary/aromatic N) is 1. The number of aromatic nitrogens is 2. The molecule has 0 aliphatic rings. The Hall–Kier alpha value is -2.39. The fraction of sp³-hybridized carbons (Fsp3) is 0.318. The third-order valence-corrected chi connectivity index (χ3v) is 4.54. The molecule has 1 unspecified atom stereocenters. The van der Waals surface area contributed by atoms with Gasteiger partial charge in [-0.25, -0.2) is 4.98 Å². The maximum Gasteiger partial charge on any atom is 0.123 e. The fourth-order valence-electron chi connectivity index (χ4n) is 3.01. The molecular weight excluding hydrogens is 306 g/mol. The number of aromatic amines is 1. The van der Waals surface area contributed by atoms with Gasteiger partial charge in [0.2, 0.25) is 0 Å². The molecule has 0 spiro atoms. The lowest BCUT2D eigenvalue weighted by Crippen LogP contribution is -2.22. The minimum absolute atomic E-state index is 0.295. The van der Waals surface area contributed by atoms with Crippen LogP contribution in [0.5, 0.6) is 0 Å². The van der Waals surface area contributed by atoms with E-state index >= 15 is 0 Å². The maximum atomic E-state index is 4.81. The zero-order valence-electron chi connectivity index (χ0n) is 15.1. The van der Waals surface area contributed by atoms with Crippen LogP contribution in [0.2, 0.25) is 0 Å². The quantitative estimate of drug-likeness (QED) is 0.528. The summed E-state index contributed by atoms with van der Waals surface area (Å²) in [5.41, 5.74) is 4.62. The number of H-pyrrole nitrogens is 1. The molecule has 0 amide bonds. The Morgan fingerprint density at radius 2 is 1.60 bits per heavy atom. The van der Waals surface area contributed by atoms with Crippen LogP contribution in [0.15, 0.2) is 60.8 Å². The molecule has 1 aromatic heterocycles. The third kappa shape index (κ3) is 4.37. The van der Waals surface area contributed by atoms with Crippen molar-refractivity contribution in [3.8, 4) is 22.4 Å². The molecule has 3 heteroatoms. The third-order valence-electron chi connectivity index (χ3n) is 4.54. The number of nitrogens with one attached hydrogen (secondary N) is 2. The molecule has 0 aliphatic heterocycles. The van der Waals surface area contributed by atoms with E-state index in [2.05, 4.69) is 72.7 Å². The molecule has 0 saturated carbocycles. The first-order valence-electron chi connectivity index (χ1n) is 9.26. The van der Waals surface area contributed by atoms with Gasteiger partial charge in [-0.05, 0) is 30.5 Å². The van der Waals surface area contributed by atoms with Gasteiger partial charge in [0, 0.05) is 11.8 Å². The molecule has 0 saturated heterocycles. The Kier molecular flexibility index (Phi) is 6.02. The number of unbranched alkanes of at least 4 members (excludes halogenated alkanes) is 1. The van der Waals surface area contributed by atoms with E-state index in [4.69, 9.17) is 4.98 Å². The van der Waals surface area contributed by atoms with Gasteiger partial charge in [-0.2, -0.15) is 0 Å². The van der Waals surface area contributed by atoms with Crippen LogP contribution in [-0.2, 0) is 0 Å². The predicted octanol–water partition coefficient (Wildman–Crippen LogP) is 5.58. The van der Waals surface area contributed by atoms with E-state index < -0.39 is 0 Å². The second-order valence-electron chi connectivity index (χ2n) is 6.38. The number of hydrogen-bond acceptors (Lipinski definition) is 2. The average Bonchev–Trinajstić information content (AvgIpc) is 3.16. The topological polar surface area (TPSA) is 40.7 Å². The van der Waals surface area contributed by atoms with Gasteiger partial charge in [0.05, 0.1) is 11.7 Å². The van der Waals surface area contributed by atoms with Gasteiger partial charge in [-0.1, -0.05) is 74.9 Å². The summed E-state index contributed by atoms with van der Waals surface area (Å²) < 4.78 is 0. The van der Waals surface area contributed by atoms with E-state index in [9.17, 15) is 0 Å². The Labute approximate surface area is 150 Å². The Morgan fingerprint density at radius 3 is 2.28 bits per heavy atom. The highest BCUT2D eigenvalue weighted by molar-refractivity contribution is 5.68. The van der Waals surface area contributed by atoms with Gasteiger partial charge in [0.15, 0.2) is 0 Å². The summed E-state index contributed by atoms with van der Waals surface area (Å²) in [5.74, 6) is 1.03. The van der Waals surface area contributed by atoms with Crippen LogP contribution in [0.4, 0.5) is 0 Å². The first-order chi connectivity index (χ1) is 12.3. The Morgan fingerprint density at radius 1 is 0.920 bits per heavy atom. The number of hydrogen-bond donors (Lipinski definition) is 2. The molecule has 0 aliphatic carbocycles. The van der Waals surface area contributed by atoms with Gasteiger partial charge in [-0.3, -0.25) is 0 Å². The summed E-state index contributed by atoms with van der Waals surface area (Å²) in [6, 6.07) is 19.4. The lowest BCUT2D eigenvalue weighted by Gasteiger charge is -2.14. The molecule has 2 N–H and O–H groups in total.